The number of halogens is 1. The summed E-state index contributed by atoms with van der Waals surface area (Å²) in [7, 11) is 1.29. The molecule has 0 aliphatic carbocycles. The Kier molecular flexibility index (Phi) is 4.42. The van der Waals surface area contributed by atoms with Gasteiger partial charge in [-0.1, -0.05) is 17.7 Å². The number of benzene rings is 1. The van der Waals surface area contributed by atoms with Gasteiger partial charge in [-0.15, -0.1) is 0 Å². The third kappa shape index (κ3) is 3.00. The van der Waals surface area contributed by atoms with Gasteiger partial charge in [-0.3, -0.25) is 4.98 Å². The molecule has 0 saturated heterocycles. The Morgan fingerprint density at radius 2 is 2.20 bits per heavy atom. The Labute approximate surface area is 121 Å². The minimum Gasteiger partial charge on any atom is -0.488 e. The highest BCUT2D eigenvalue weighted by molar-refractivity contribution is 6.31. The molecular weight excluding hydrogens is 280 g/mol. The molecule has 0 radical (unpaired) electrons. The fourth-order valence-electron chi connectivity index (χ4n) is 1.67. The summed E-state index contributed by atoms with van der Waals surface area (Å²) in [5, 5.41) is 0.496. The highest BCUT2D eigenvalue weighted by Gasteiger charge is 2.16. The smallest absolute Gasteiger partial charge is 0.343 e. The third-order valence-electron chi connectivity index (χ3n) is 2.69. The van der Waals surface area contributed by atoms with Crippen LogP contribution in [0.4, 0.5) is 5.69 Å². The molecule has 0 amide bonds. The fraction of sp³-hybridized carbons (Fsp3) is 0.143. The molecule has 5 nitrogen and oxygen atoms in total. The van der Waals surface area contributed by atoms with Gasteiger partial charge in [0.25, 0.3) is 0 Å². The van der Waals surface area contributed by atoms with Crippen molar-refractivity contribution in [2.45, 2.75) is 6.61 Å². The van der Waals surface area contributed by atoms with E-state index in [0.29, 0.717) is 16.5 Å². The van der Waals surface area contributed by atoms with Crippen molar-refractivity contribution < 1.29 is 14.3 Å². The number of aromatic nitrogens is 1. The molecule has 1 aromatic carbocycles. The molecule has 0 aliphatic rings. The van der Waals surface area contributed by atoms with E-state index in [1.54, 1.807) is 30.5 Å². The summed E-state index contributed by atoms with van der Waals surface area (Å²) in [6.07, 6.45) is 3.14. The molecular formula is C14H13ClN2O3. The van der Waals surface area contributed by atoms with Gasteiger partial charge in [0.1, 0.15) is 17.9 Å². The monoisotopic (exact) mass is 292 g/mol. The van der Waals surface area contributed by atoms with E-state index < -0.39 is 5.97 Å². The number of nitrogens with zero attached hydrogens (tertiary/aromatic N) is 1. The Morgan fingerprint density at radius 3 is 2.90 bits per heavy atom. The first-order chi connectivity index (χ1) is 9.63. The van der Waals surface area contributed by atoms with E-state index in [9.17, 15) is 4.79 Å². The minimum absolute atomic E-state index is 0.203. The van der Waals surface area contributed by atoms with Gasteiger partial charge in [0.2, 0.25) is 0 Å². The van der Waals surface area contributed by atoms with E-state index in [0.717, 1.165) is 5.56 Å². The Hall–Kier alpha value is -2.27. The summed E-state index contributed by atoms with van der Waals surface area (Å²) >= 11 is 5.99. The number of rotatable bonds is 4. The molecule has 0 atom stereocenters. The first-order valence-electron chi connectivity index (χ1n) is 5.81. The summed E-state index contributed by atoms with van der Waals surface area (Å²) in [6, 6.07) is 6.70. The Bertz CT molecular complexity index is 632. The van der Waals surface area contributed by atoms with Gasteiger partial charge >= 0.3 is 5.97 Å². The van der Waals surface area contributed by atoms with Crippen LogP contribution in [0.25, 0.3) is 0 Å². The molecule has 0 aliphatic heterocycles. The number of anilines is 1. The van der Waals surface area contributed by atoms with Crippen LogP contribution in [0, 0.1) is 0 Å². The average Bonchev–Trinajstić information content (AvgIpc) is 2.46. The van der Waals surface area contributed by atoms with Gasteiger partial charge in [-0.2, -0.15) is 0 Å². The van der Waals surface area contributed by atoms with Gasteiger partial charge < -0.3 is 15.2 Å². The lowest BCUT2D eigenvalue weighted by molar-refractivity contribution is 0.0597. The molecule has 0 fully saturated rings. The van der Waals surface area contributed by atoms with Gasteiger partial charge in [0.15, 0.2) is 0 Å². The van der Waals surface area contributed by atoms with Crippen LogP contribution in [-0.2, 0) is 11.3 Å². The van der Waals surface area contributed by atoms with Crippen LogP contribution in [0.5, 0.6) is 5.75 Å². The van der Waals surface area contributed by atoms with Crippen LogP contribution in [0.1, 0.15) is 15.9 Å². The van der Waals surface area contributed by atoms with Crippen LogP contribution in [0.15, 0.2) is 36.7 Å². The molecule has 0 bridgehead atoms. The number of nitrogen functional groups attached to an aromatic ring is 1. The molecule has 0 unspecified atom stereocenters. The second kappa shape index (κ2) is 6.25. The third-order valence-corrected chi connectivity index (χ3v) is 3.03. The van der Waals surface area contributed by atoms with E-state index in [4.69, 9.17) is 26.8 Å². The Balaban J connectivity index is 2.24. The standard InChI is InChI=1S/C14H13ClN2O3/c1-19-14(18)13-11(16)3-2-4-12(13)20-8-9-5-6-17-7-10(9)15/h2-7H,8,16H2,1H3. The lowest BCUT2D eigenvalue weighted by Gasteiger charge is -2.12. The summed E-state index contributed by atoms with van der Waals surface area (Å²) in [6.45, 7) is 0.203. The van der Waals surface area contributed by atoms with Gasteiger partial charge in [-0.05, 0) is 18.2 Å². The number of methoxy groups -OCH3 is 1. The van der Waals surface area contributed by atoms with Crippen LogP contribution < -0.4 is 10.5 Å². The SMILES string of the molecule is COC(=O)c1c(N)cccc1OCc1ccncc1Cl. The number of nitrogens with two attached hydrogens (primary N) is 1. The number of carbonyl (C=O) groups excluding carboxylic acids is 1. The summed E-state index contributed by atoms with van der Waals surface area (Å²) in [5.74, 6) is -0.191. The minimum atomic E-state index is -0.543. The highest BCUT2D eigenvalue weighted by atomic mass is 35.5. The van der Waals surface area contributed by atoms with Crippen molar-refractivity contribution >= 4 is 23.3 Å². The lowest BCUT2D eigenvalue weighted by atomic mass is 10.1. The molecule has 2 aromatic rings. The second-order valence-electron chi connectivity index (χ2n) is 3.97. The molecule has 2 rings (SSSR count). The number of hydrogen-bond acceptors (Lipinski definition) is 5. The lowest BCUT2D eigenvalue weighted by Crippen LogP contribution is -2.09. The largest absolute Gasteiger partial charge is 0.488 e. The van der Waals surface area contributed by atoms with Crippen molar-refractivity contribution in [1.82, 2.24) is 4.98 Å². The molecule has 20 heavy (non-hydrogen) atoms. The average molecular weight is 293 g/mol. The summed E-state index contributed by atoms with van der Waals surface area (Å²) in [4.78, 5) is 15.6. The zero-order valence-corrected chi connectivity index (χ0v) is 11.6. The maximum absolute atomic E-state index is 11.7. The number of ether oxygens (including phenoxy) is 2. The molecule has 2 N–H and O–H groups in total. The van der Waals surface area contributed by atoms with Gasteiger partial charge in [0.05, 0.1) is 12.1 Å². The topological polar surface area (TPSA) is 74.4 Å². The number of carbonyl (C=O) groups is 1. The fourth-order valence-corrected chi connectivity index (χ4v) is 1.84. The maximum atomic E-state index is 11.7. The van der Waals surface area contributed by atoms with Crippen LogP contribution in [0.3, 0.4) is 0 Å². The van der Waals surface area contributed by atoms with Crippen LogP contribution in [-0.4, -0.2) is 18.1 Å². The van der Waals surface area contributed by atoms with E-state index in [2.05, 4.69) is 4.98 Å². The van der Waals surface area contributed by atoms with Crippen molar-refractivity contribution in [2.75, 3.05) is 12.8 Å². The number of pyridine rings is 1. The molecule has 0 spiro atoms. The van der Waals surface area contributed by atoms with Gasteiger partial charge in [0, 0.05) is 23.6 Å². The highest BCUT2D eigenvalue weighted by Crippen LogP contribution is 2.26. The normalized spacial score (nSPS) is 10.1. The van der Waals surface area contributed by atoms with Crippen LogP contribution >= 0.6 is 11.6 Å². The molecule has 104 valence electrons. The van der Waals surface area contributed by atoms with E-state index >= 15 is 0 Å². The first-order valence-corrected chi connectivity index (χ1v) is 6.19. The zero-order chi connectivity index (χ0) is 14.5. The maximum Gasteiger partial charge on any atom is 0.343 e. The molecule has 1 aromatic heterocycles. The molecule has 0 saturated carbocycles. The van der Waals surface area contributed by atoms with Crippen molar-refractivity contribution in [3.05, 3.63) is 52.8 Å². The predicted octanol–water partition coefficient (Wildman–Crippen LogP) is 2.68. The van der Waals surface area contributed by atoms with E-state index in [1.165, 1.54) is 13.3 Å². The number of esters is 1. The van der Waals surface area contributed by atoms with E-state index in [1.807, 2.05) is 0 Å². The first kappa shape index (κ1) is 14.1. The summed E-state index contributed by atoms with van der Waals surface area (Å²) < 4.78 is 10.3. The van der Waals surface area contributed by atoms with E-state index in [-0.39, 0.29) is 12.2 Å². The molecule has 1 heterocycles. The Morgan fingerprint density at radius 1 is 1.40 bits per heavy atom. The quantitative estimate of drug-likeness (QED) is 0.693. The van der Waals surface area contributed by atoms with Crippen LogP contribution in [0.2, 0.25) is 5.02 Å². The molecule has 6 heteroatoms. The van der Waals surface area contributed by atoms with Crippen molar-refractivity contribution in [1.29, 1.82) is 0 Å². The van der Waals surface area contributed by atoms with Crippen molar-refractivity contribution in [3.63, 3.8) is 0 Å². The number of hydrogen-bond donors (Lipinski definition) is 1. The zero-order valence-electron chi connectivity index (χ0n) is 10.8. The summed E-state index contributed by atoms with van der Waals surface area (Å²) in [5.41, 5.74) is 7.05. The predicted molar refractivity (Wildman–Crippen MR) is 75.8 cm³/mol. The second-order valence-corrected chi connectivity index (χ2v) is 4.37. The van der Waals surface area contributed by atoms with Crippen molar-refractivity contribution in [2.24, 2.45) is 0 Å². The van der Waals surface area contributed by atoms with Gasteiger partial charge in [-0.25, -0.2) is 4.79 Å². The van der Waals surface area contributed by atoms with Crippen molar-refractivity contribution in [3.8, 4) is 5.75 Å².